The zero-order valence-corrected chi connectivity index (χ0v) is 14.1. The third-order valence-corrected chi connectivity index (χ3v) is 5.57. The quantitative estimate of drug-likeness (QED) is 0.843. The van der Waals surface area contributed by atoms with Crippen LogP contribution < -0.4 is 10.5 Å². The maximum atomic E-state index is 11.0. The van der Waals surface area contributed by atoms with Gasteiger partial charge in [-0.05, 0) is 46.6 Å². The summed E-state index contributed by atoms with van der Waals surface area (Å²) in [5, 5.41) is 8.31. The molecule has 20 heavy (non-hydrogen) atoms. The summed E-state index contributed by atoms with van der Waals surface area (Å²) >= 11 is 5.23. The first-order valence-corrected chi connectivity index (χ1v) is 9.24. The van der Waals surface area contributed by atoms with Crippen molar-refractivity contribution in [1.82, 2.24) is 0 Å². The van der Waals surface area contributed by atoms with Crippen molar-refractivity contribution in [3.63, 3.8) is 0 Å². The zero-order valence-electron chi connectivity index (χ0n) is 10.9. The van der Waals surface area contributed by atoms with E-state index in [1.807, 2.05) is 12.1 Å². The van der Waals surface area contributed by atoms with E-state index in [1.54, 1.807) is 23.5 Å². The van der Waals surface area contributed by atoms with Gasteiger partial charge >= 0.3 is 0 Å². The SMILES string of the molecule is Cc1sc(CNc2ccc(CS(N)(=O)=O)cc2)cc1Br. The Bertz CT molecular complexity index is 674. The van der Waals surface area contributed by atoms with Crippen LogP contribution in [0.3, 0.4) is 0 Å². The Morgan fingerprint density at radius 3 is 2.45 bits per heavy atom. The fourth-order valence-electron chi connectivity index (χ4n) is 1.75. The number of nitrogens with two attached hydrogens (primary N) is 1. The van der Waals surface area contributed by atoms with E-state index in [0.717, 1.165) is 16.7 Å². The Morgan fingerprint density at radius 1 is 1.30 bits per heavy atom. The number of nitrogens with one attached hydrogen (secondary N) is 1. The molecular formula is C13H15BrN2O2S2. The Balaban J connectivity index is 1.97. The van der Waals surface area contributed by atoms with Crippen LogP contribution in [0, 0.1) is 6.92 Å². The zero-order chi connectivity index (χ0) is 14.8. The highest BCUT2D eigenvalue weighted by Crippen LogP contribution is 2.26. The number of benzene rings is 1. The van der Waals surface area contributed by atoms with E-state index in [0.29, 0.717) is 5.56 Å². The lowest BCUT2D eigenvalue weighted by Gasteiger charge is -2.06. The third kappa shape index (κ3) is 4.59. The van der Waals surface area contributed by atoms with Crippen molar-refractivity contribution in [2.75, 3.05) is 5.32 Å². The molecule has 1 heterocycles. The van der Waals surface area contributed by atoms with Crippen LogP contribution in [0.25, 0.3) is 0 Å². The molecule has 0 unspecified atom stereocenters. The van der Waals surface area contributed by atoms with Crippen molar-refractivity contribution in [1.29, 1.82) is 0 Å². The first kappa shape index (κ1) is 15.5. The van der Waals surface area contributed by atoms with Crippen molar-refractivity contribution < 1.29 is 8.42 Å². The van der Waals surface area contributed by atoms with Crippen LogP contribution in [0.15, 0.2) is 34.8 Å². The fraction of sp³-hybridized carbons (Fsp3) is 0.231. The number of rotatable bonds is 5. The predicted molar refractivity (Wildman–Crippen MR) is 87.3 cm³/mol. The highest BCUT2D eigenvalue weighted by molar-refractivity contribution is 9.10. The summed E-state index contributed by atoms with van der Waals surface area (Å²) in [5.74, 6) is -0.135. The van der Waals surface area contributed by atoms with Crippen molar-refractivity contribution >= 4 is 43.0 Å². The number of aryl methyl sites for hydroxylation is 1. The number of hydrogen-bond acceptors (Lipinski definition) is 4. The second kappa shape index (κ2) is 6.26. The molecule has 0 radical (unpaired) electrons. The first-order valence-electron chi connectivity index (χ1n) is 5.91. The topological polar surface area (TPSA) is 72.2 Å². The molecule has 0 saturated carbocycles. The lowest BCUT2D eigenvalue weighted by Crippen LogP contribution is -2.14. The second-order valence-corrected chi connectivity index (χ2v) is 8.28. The average Bonchev–Trinajstić information content (AvgIpc) is 2.66. The maximum absolute atomic E-state index is 11.0. The Labute approximate surface area is 131 Å². The number of anilines is 1. The van der Waals surface area contributed by atoms with Gasteiger partial charge in [0.2, 0.25) is 10.0 Å². The number of thiophene rings is 1. The van der Waals surface area contributed by atoms with Crippen LogP contribution in [-0.4, -0.2) is 8.42 Å². The van der Waals surface area contributed by atoms with E-state index in [4.69, 9.17) is 5.14 Å². The minimum absolute atomic E-state index is 0.135. The third-order valence-electron chi connectivity index (χ3n) is 2.70. The van der Waals surface area contributed by atoms with Crippen molar-refractivity contribution in [2.24, 2.45) is 5.14 Å². The van der Waals surface area contributed by atoms with E-state index < -0.39 is 10.0 Å². The molecule has 7 heteroatoms. The van der Waals surface area contributed by atoms with Crippen LogP contribution in [0.2, 0.25) is 0 Å². The average molecular weight is 375 g/mol. The van der Waals surface area contributed by atoms with Crippen LogP contribution in [-0.2, 0) is 22.3 Å². The van der Waals surface area contributed by atoms with Gasteiger partial charge in [-0.1, -0.05) is 12.1 Å². The normalized spacial score (nSPS) is 11.6. The lowest BCUT2D eigenvalue weighted by atomic mass is 10.2. The number of halogens is 1. The van der Waals surface area contributed by atoms with Gasteiger partial charge in [0.25, 0.3) is 0 Å². The minimum Gasteiger partial charge on any atom is -0.380 e. The minimum atomic E-state index is -3.47. The molecule has 0 spiro atoms. The van der Waals surface area contributed by atoms with E-state index in [1.165, 1.54) is 9.75 Å². The first-order chi connectivity index (χ1) is 9.33. The van der Waals surface area contributed by atoms with Crippen LogP contribution in [0.1, 0.15) is 15.3 Å². The molecular weight excluding hydrogens is 360 g/mol. The summed E-state index contributed by atoms with van der Waals surface area (Å²) in [6, 6.07) is 9.35. The summed E-state index contributed by atoms with van der Waals surface area (Å²) in [6.07, 6.45) is 0. The molecule has 0 aliphatic rings. The van der Waals surface area contributed by atoms with Gasteiger partial charge < -0.3 is 5.32 Å². The summed E-state index contributed by atoms with van der Waals surface area (Å²) in [7, 11) is -3.47. The van der Waals surface area contributed by atoms with Gasteiger partial charge in [-0.15, -0.1) is 11.3 Å². The summed E-state index contributed by atoms with van der Waals surface area (Å²) in [6.45, 7) is 2.81. The van der Waals surface area contributed by atoms with Crippen molar-refractivity contribution in [3.8, 4) is 0 Å². The lowest BCUT2D eigenvalue weighted by molar-refractivity contribution is 0.597. The van der Waals surface area contributed by atoms with Crippen LogP contribution in [0.5, 0.6) is 0 Å². The molecule has 0 atom stereocenters. The molecule has 1 aromatic carbocycles. The molecule has 2 rings (SSSR count). The van der Waals surface area contributed by atoms with E-state index >= 15 is 0 Å². The summed E-state index contributed by atoms with van der Waals surface area (Å²) in [4.78, 5) is 2.49. The molecule has 1 aromatic heterocycles. The Morgan fingerprint density at radius 2 is 1.95 bits per heavy atom. The van der Waals surface area contributed by atoms with Gasteiger partial charge in [0.15, 0.2) is 0 Å². The summed E-state index contributed by atoms with van der Waals surface area (Å²) < 4.78 is 23.1. The molecule has 108 valence electrons. The highest BCUT2D eigenvalue weighted by Gasteiger charge is 2.05. The maximum Gasteiger partial charge on any atom is 0.213 e. The summed E-state index contributed by atoms with van der Waals surface area (Å²) in [5.41, 5.74) is 1.64. The highest BCUT2D eigenvalue weighted by atomic mass is 79.9. The fourth-order valence-corrected chi connectivity index (χ4v) is 3.94. The monoisotopic (exact) mass is 374 g/mol. The molecule has 0 aliphatic heterocycles. The number of sulfonamides is 1. The smallest absolute Gasteiger partial charge is 0.213 e. The molecule has 2 aromatic rings. The van der Waals surface area contributed by atoms with Gasteiger partial charge in [0.1, 0.15) is 0 Å². The molecule has 3 N–H and O–H groups in total. The van der Waals surface area contributed by atoms with Gasteiger partial charge in [-0.25, -0.2) is 13.6 Å². The largest absolute Gasteiger partial charge is 0.380 e. The van der Waals surface area contributed by atoms with Gasteiger partial charge in [0.05, 0.1) is 5.75 Å². The Hall–Kier alpha value is -0.890. The number of hydrogen-bond donors (Lipinski definition) is 2. The van der Waals surface area contributed by atoms with E-state index in [2.05, 4.69) is 34.2 Å². The molecule has 0 amide bonds. The Kier molecular flexibility index (Phi) is 4.85. The van der Waals surface area contributed by atoms with Gasteiger partial charge in [-0.2, -0.15) is 0 Å². The molecule has 0 saturated heterocycles. The predicted octanol–water partition coefficient (Wildman–Crippen LogP) is 3.22. The standard InChI is InChI=1S/C13H15BrN2O2S2/c1-9-13(14)6-12(19-9)7-16-11-4-2-10(3-5-11)8-20(15,17)18/h2-6,16H,7-8H2,1H3,(H2,15,17,18). The van der Waals surface area contributed by atoms with Gasteiger partial charge in [-0.3, -0.25) is 0 Å². The van der Waals surface area contributed by atoms with Crippen molar-refractivity contribution in [3.05, 3.63) is 50.1 Å². The van der Waals surface area contributed by atoms with Crippen LogP contribution >= 0.6 is 27.3 Å². The van der Waals surface area contributed by atoms with Crippen molar-refractivity contribution in [2.45, 2.75) is 19.2 Å². The van der Waals surface area contributed by atoms with E-state index in [9.17, 15) is 8.42 Å². The number of primary sulfonamides is 1. The van der Waals surface area contributed by atoms with Crippen LogP contribution in [0.4, 0.5) is 5.69 Å². The second-order valence-electron chi connectivity index (χ2n) is 4.47. The molecule has 0 aliphatic carbocycles. The van der Waals surface area contributed by atoms with Gasteiger partial charge in [0, 0.05) is 26.5 Å². The molecule has 0 bridgehead atoms. The molecule has 0 fully saturated rings. The molecule has 4 nitrogen and oxygen atoms in total. The van der Waals surface area contributed by atoms with E-state index in [-0.39, 0.29) is 5.75 Å².